The summed E-state index contributed by atoms with van der Waals surface area (Å²) in [5.74, 6) is 0.480. The molecule has 1 aromatic carbocycles. The van der Waals surface area contributed by atoms with Gasteiger partial charge in [-0.25, -0.2) is 4.79 Å². The van der Waals surface area contributed by atoms with Gasteiger partial charge < -0.3 is 4.98 Å². The van der Waals surface area contributed by atoms with Gasteiger partial charge in [0.15, 0.2) is 0 Å². The maximum atomic E-state index is 12.2. The van der Waals surface area contributed by atoms with Crippen molar-refractivity contribution < 1.29 is 0 Å². The molecule has 22 heavy (non-hydrogen) atoms. The number of nitrogens with zero attached hydrogens (tertiary/aromatic N) is 1. The monoisotopic (exact) mass is 294 g/mol. The quantitative estimate of drug-likeness (QED) is 0.866. The van der Waals surface area contributed by atoms with Gasteiger partial charge in [-0.2, -0.15) is 4.98 Å². The molecule has 0 radical (unpaired) electrons. The molecule has 0 spiro atoms. The van der Waals surface area contributed by atoms with E-state index in [2.05, 4.69) is 61.9 Å². The van der Waals surface area contributed by atoms with Crippen molar-refractivity contribution in [2.45, 2.75) is 51.9 Å². The van der Waals surface area contributed by atoms with Gasteiger partial charge in [-0.05, 0) is 31.1 Å². The summed E-state index contributed by atoms with van der Waals surface area (Å²) in [6.45, 7) is 9.04. The van der Waals surface area contributed by atoms with Crippen LogP contribution in [-0.4, -0.2) is 9.97 Å². The largest absolute Gasteiger partial charge is 0.345 e. The molecular weight excluding hydrogens is 272 g/mol. The van der Waals surface area contributed by atoms with Crippen LogP contribution in [0, 0.1) is 12.3 Å². The van der Waals surface area contributed by atoms with E-state index in [1.807, 2.05) is 0 Å². The van der Waals surface area contributed by atoms with E-state index in [9.17, 15) is 4.79 Å². The van der Waals surface area contributed by atoms with Gasteiger partial charge in [0, 0.05) is 22.2 Å². The Labute approximate surface area is 130 Å². The van der Waals surface area contributed by atoms with Crippen molar-refractivity contribution in [2.24, 2.45) is 5.41 Å². The molecule has 1 fully saturated rings. The van der Waals surface area contributed by atoms with E-state index in [0.29, 0.717) is 5.92 Å². The lowest BCUT2D eigenvalue weighted by Gasteiger charge is -2.34. The normalized spacial score (nSPS) is 27.9. The van der Waals surface area contributed by atoms with Gasteiger partial charge in [-0.15, -0.1) is 0 Å². The van der Waals surface area contributed by atoms with E-state index in [-0.39, 0.29) is 16.5 Å². The number of benzene rings is 1. The number of aromatic nitrogens is 2. The SMILES string of the molecule is Cc1ccc(-c2nc(=O)[nH]c3c2C2CCC3(C)C2(C)C)cc1. The first-order valence-electron chi connectivity index (χ1n) is 8.06. The topological polar surface area (TPSA) is 45.8 Å². The van der Waals surface area contributed by atoms with Crippen molar-refractivity contribution in [1.29, 1.82) is 0 Å². The molecule has 1 aromatic heterocycles. The zero-order valence-corrected chi connectivity index (χ0v) is 13.7. The Bertz CT molecular complexity index is 816. The predicted octanol–water partition coefficient (Wildman–Crippen LogP) is 3.92. The lowest BCUT2D eigenvalue weighted by Crippen LogP contribution is -2.33. The number of nitrogens with one attached hydrogen (secondary N) is 1. The number of aryl methyl sites for hydroxylation is 1. The van der Waals surface area contributed by atoms with Crippen LogP contribution < -0.4 is 5.69 Å². The van der Waals surface area contributed by atoms with Crippen LogP contribution in [0.15, 0.2) is 29.1 Å². The third-order valence-electron chi connectivity index (χ3n) is 6.42. The molecule has 2 aliphatic carbocycles. The summed E-state index contributed by atoms with van der Waals surface area (Å²) < 4.78 is 0. The summed E-state index contributed by atoms with van der Waals surface area (Å²) in [4.78, 5) is 19.6. The number of hydrogen-bond donors (Lipinski definition) is 1. The highest BCUT2D eigenvalue weighted by Crippen LogP contribution is 2.67. The molecule has 3 heteroatoms. The molecule has 2 aromatic rings. The molecule has 1 N–H and O–H groups in total. The molecule has 2 atom stereocenters. The highest BCUT2D eigenvalue weighted by molar-refractivity contribution is 5.68. The Morgan fingerprint density at radius 3 is 2.55 bits per heavy atom. The van der Waals surface area contributed by atoms with Crippen LogP contribution in [0.3, 0.4) is 0 Å². The smallest absolute Gasteiger partial charge is 0.309 e. The van der Waals surface area contributed by atoms with Gasteiger partial charge in [-0.3, -0.25) is 0 Å². The minimum Gasteiger partial charge on any atom is -0.309 e. The number of hydrogen-bond acceptors (Lipinski definition) is 2. The summed E-state index contributed by atoms with van der Waals surface area (Å²) in [5.41, 5.74) is 5.57. The van der Waals surface area contributed by atoms with Crippen LogP contribution in [0.2, 0.25) is 0 Å². The van der Waals surface area contributed by atoms with Crippen LogP contribution in [0.4, 0.5) is 0 Å². The summed E-state index contributed by atoms with van der Waals surface area (Å²) in [6, 6.07) is 8.34. The predicted molar refractivity (Wildman–Crippen MR) is 88.1 cm³/mol. The number of rotatable bonds is 1. The first-order chi connectivity index (χ1) is 10.3. The van der Waals surface area contributed by atoms with Crippen molar-refractivity contribution in [1.82, 2.24) is 9.97 Å². The minimum atomic E-state index is -0.223. The summed E-state index contributed by atoms with van der Waals surface area (Å²) in [5, 5.41) is 0. The molecule has 3 nitrogen and oxygen atoms in total. The molecule has 0 amide bonds. The van der Waals surface area contributed by atoms with Crippen LogP contribution in [-0.2, 0) is 5.41 Å². The Kier molecular flexibility index (Phi) is 2.56. The lowest BCUT2D eigenvalue weighted by molar-refractivity contribution is 0.227. The van der Waals surface area contributed by atoms with E-state index >= 15 is 0 Å². The summed E-state index contributed by atoms with van der Waals surface area (Å²) >= 11 is 0. The fourth-order valence-corrected chi connectivity index (χ4v) is 4.64. The average molecular weight is 294 g/mol. The molecule has 1 saturated carbocycles. The maximum Gasteiger partial charge on any atom is 0.345 e. The molecule has 4 rings (SSSR count). The molecule has 2 bridgehead atoms. The van der Waals surface area contributed by atoms with Crippen molar-refractivity contribution in [3.63, 3.8) is 0 Å². The molecule has 0 aliphatic heterocycles. The Morgan fingerprint density at radius 1 is 1.18 bits per heavy atom. The van der Waals surface area contributed by atoms with E-state index in [4.69, 9.17) is 0 Å². The first kappa shape index (κ1) is 13.7. The number of H-pyrrole nitrogens is 1. The van der Waals surface area contributed by atoms with Crippen molar-refractivity contribution >= 4 is 0 Å². The third kappa shape index (κ3) is 1.52. The summed E-state index contributed by atoms with van der Waals surface area (Å²) in [7, 11) is 0. The van der Waals surface area contributed by atoms with E-state index in [1.165, 1.54) is 17.5 Å². The van der Waals surface area contributed by atoms with E-state index in [0.717, 1.165) is 23.4 Å². The second-order valence-corrected chi connectivity index (χ2v) is 7.69. The number of fused-ring (bicyclic) bond motifs is 5. The van der Waals surface area contributed by atoms with Gasteiger partial charge in [0.2, 0.25) is 0 Å². The van der Waals surface area contributed by atoms with Crippen LogP contribution >= 0.6 is 0 Å². The molecule has 2 unspecified atom stereocenters. The maximum absolute atomic E-state index is 12.2. The van der Waals surface area contributed by atoms with Crippen molar-refractivity contribution in [3.8, 4) is 11.3 Å². The molecule has 0 saturated heterocycles. The molecule has 1 heterocycles. The Balaban J connectivity index is 2.02. The van der Waals surface area contributed by atoms with Gasteiger partial charge in [0.25, 0.3) is 0 Å². The van der Waals surface area contributed by atoms with E-state index < -0.39 is 0 Å². The standard InChI is InChI=1S/C19H22N2O/c1-11-5-7-12(8-6-11)15-14-13-9-10-19(4,18(13,2)3)16(14)21-17(22)20-15/h5-8,13H,9-10H2,1-4H3,(H,20,21,22). The van der Waals surface area contributed by atoms with Crippen molar-refractivity contribution in [2.75, 3.05) is 0 Å². The van der Waals surface area contributed by atoms with Gasteiger partial charge in [0.1, 0.15) is 0 Å². The molecule has 114 valence electrons. The second kappa shape index (κ2) is 4.09. The second-order valence-electron chi connectivity index (χ2n) is 7.69. The zero-order valence-electron chi connectivity index (χ0n) is 13.7. The minimum absolute atomic E-state index is 0.0501. The molecule has 2 aliphatic rings. The average Bonchev–Trinajstić information content (AvgIpc) is 2.79. The van der Waals surface area contributed by atoms with Gasteiger partial charge in [0.05, 0.1) is 5.69 Å². The Morgan fingerprint density at radius 2 is 1.86 bits per heavy atom. The van der Waals surface area contributed by atoms with Crippen LogP contribution in [0.1, 0.15) is 56.4 Å². The highest BCUT2D eigenvalue weighted by atomic mass is 16.1. The zero-order chi connectivity index (χ0) is 15.7. The van der Waals surface area contributed by atoms with Crippen LogP contribution in [0.25, 0.3) is 11.3 Å². The first-order valence-corrected chi connectivity index (χ1v) is 8.06. The van der Waals surface area contributed by atoms with Crippen LogP contribution in [0.5, 0.6) is 0 Å². The Hall–Kier alpha value is -1.90. The third-order valence-corrected chi connectivity index (χ3v) is 6.42. The van der Waals surface area contributed by atoms with Gasteiger partial charge in [-0.1, -0.05) is 50.6 Å². The van der Waals surface area contributed by atoms with Crippen molar-refractivity contribution in [3.05, 3.63) is 51.6 Å². The fourth-order valence-electron chi connectivity index (χ4n) is 4.64. The van der Waals surface area contributed by atoms with Gasteiger partial charge >= 0.3 is 5.69 Å². The van der Waals surface area contributed by atoms with E-state index in [1.54, 1.807) is 0 Å². The molecular formula is C19H22N2O. The lowest BCUT2D eigenvalue weighted by atomic mass is 9.70. The number of aromatic amines is 1. The highest BCUT2D eigenvalue weighted by Gasteiger charge is 2.61. The fraction of sp³-hybridized carbons (Fsp3) is 0.474. The summed E-state index contributed by atoms with van der Waals surface area (Å²) in [6.07, 6.45) is 2.33.